The fourth-order valence-electron chi connectivity index (χ4n) is 2.62. The second kappa shape index (κ2) is 9.65. The largest absolute Gasteiger partial charge is 0.480 e. The second-order valence-electron chi connectivity index (χ2n) is 6.63. The van der Waals surface area contributed by atoms with Gasteiger partial charge in [0.25, 0.3) is 5.91 Å². The molecule has 0 aliphatic rings. The van der Waals surface area contributed by atoms with Gasteiger partial charge in [0.15, 0.2) is 6.61 Å². The number of ether oxygens (including phenoxy) is 2. The Kier molecular flexibility index (Phi) is 6.98. The molecule has 3 rings (SSSR count). The number of rotatable bonds is 6. The summed E-state index contributed by atoms with van der Waals surface area (Å²) in [7, 11) is 0. The predicted octanol–water partition coefficient (Wildman–Crippen LogP) is 5.85. The molecular weight excluding hydrogens is 425 g/mol. The summed E-state index contributed by atoms with van der Waals surface area (Å²) in [6, 6.07) is 16.8. The minimum absolute atomic E-state index is 0.250. The van der Waals surface area contributed by atoms with Gasteiger partial charge in [-0.05, 0) is 67.4 Å². The topological polar surface area (TPSA) is 64.6 Å². The molecule has 30 heavy (non-hydrogen) atoms. The molecule has 0 aromatic heterocycles. The molecule has 0 heterocycles. The van der Waals surface area contributed by atoms with Crippen molar-refractivity contribution in [1.82, 2.24) is 0 Å². The van der Waals surface area contributed by atoms with Crippen LogP contribution in [0.3, 0.4) is 0 Å². The monoisotopic (exact) mass is 443 g/mol. The van der Waals surface area contributed by atoms with Gasteiger partial charge < -0.3 is 14.8 Å². The van der Waals surface area contributed by atoms with E-state index in [0.717, 1.165) is 16.8 Å². The Hall–Kier alpha value is -3.02. The van der Waals surface area contributed by atoms with Crippen molar-refractivity contribution < 1.29 is 19.1 Å². The molecule has 0 radical (unpaired) electrons. The molecule has 3 aromatic carbocycles. The Bertz CT molecular complexity index is 1080. The van der Waals surface area contributed by atoms with Gasteiger partial charge in [0.1, 0.15) is 11.5 Å². The van der Waals surface area contributed by atoms with E-state index in [1.807, 2.05) is 32.0 Å². The van der Waals surface area contributed by atoms with Crippen LogP contribution >= 0.6 is 23.2 Å². The van der Waals surface area contributed by atoms with Gasteiger partial charge in [0, 0.05) is 22.3 Å². The van der Waals surface area contributed by atoms with Crippen molar-refractivity contribution in [2.75, 3.05) is 11.9 Å². The lowest BCUT2D eigenvalue weighted by atomic mass is 10.1. The van der Waals surface area contributed by atoms with E-state index in [9.17, 15) is 9.59 Å². The summed E-state index contributed by atoms with van der Waals surface area (Å²) < 4.78 is 10.6. The predicted molar refractivity (Wildman–Crippen MR) is 118 cm³/mol. The molecule has 0 fully saturated rings. The van der Waals surface area contributed by atoms with Crippen LogP contribution in [0.4, 0.5) is 5.69 Å². The van der Waals surface area contributed by atoms with E-state index in [1.165, 1.54) is 6.07 Å². The minimum Gasteiger partial charge on any atom is -0.480 e. The number of anilines is 1. The third-order valence-electron chi connectivity index (χ3n) is 4.23. The molecule has 5 nitrogen and oxygen atoms in total. The zero-order chi connectivity index (χ0) is 21.7. The molecule has 0 unspecified atom stereocenters. The van der Waals surface area contributed by atoms with Crippen molar-refractivity contribution in [2.24, 2.45) is 0 Å². The molecule has 3 aromatic rings. The average molecular weight is 444 g/mol. The first-order valence-corrected chi connectivity index (χ1v) is 9.84. The molecule has 0 bridgehead atoms. The van der Waals surface area contributed by atoms with Crippen LogP contribution in [-0.4, -0.2) is 18.5 Å². The number of halogens is 2. The molecule has 0 atom stereocenters. The standard InChI is InChI=1S/C23H19Cl2NO4/c1-14-3-4-15(2)20(11-14)26-23(28)16-5-8-18(9-6-16)30-22(27)13-29-21-12-17(24)7-10-19(21)25/h3-12H,13H2,1-2H3,(H,26,28). The molecule has 0 saturated heterocycles. The highest BCUT2D eigenvalue weighted by Crippen LogP contribution is 2.27. The molecule has 7 heteroatoms. The van der Waals surface area contributed by atoms with Crippen LogP contribution in [0.15, 0.2) is 60.7 Å². The van der Waals surface area contributed by atoms with E-state index in [0.29, 0.717) is 27.1 Å². The molecule has 0 spiro atoms. The number of hydrogen-bond acceptors (Lipinski definition) is 4. The molecular formula is C23H19Cl2NO4. The Balaban J connectivity index is 1.57. The number of carbonyl (C=O) groups is 2. The lowest BCUT2D eigenvalue weighted by Gasteiger charge is -2.10. The molecule has 154 valence electrons. The van der Waals surface area contributed by atoms with E-state index in [-0.39, 0.29) is 12.5 Å². The summed E-state index contributed by atoms with van der Waals surface area (Å²) >= 11 is 11.9. The molecule has 1 N–H and O–H groups in total. The van der Waals surface area contributed by atoms with Gasteiger partial charge in [-0.3, -0.25) is 4.79 Å². The lowest BCUT2D eigenvalue weighted by Crippen LogP contribution is -2.18. The normalized spacial score (nSPS) is 10.4. The number of amides is 1. The van der Waals surface area contributed by atoms with Gasteiger partial charge in [-0.25, -0.2) is 4.79 Å². The highest BCUT2D eigenvalue weighted by Gasteiger charge is 2.11. The van der Waals surface area contributed by atoms with Gasteiger partial charge in [0.05, 0.1) is 5.02 Å². The first kappa shape index (κ1) is 21.7. The quantitative estimate of drug-likeness (QED) is 0.383. The lowest BCUT2D eigenvalue weighted by molar-refractivity contribution is -0.136. The van der Waals surface area contributed by atoms with Crippen LogP contribution in [0.1, 0.15) is 21.5 Å². The molecule has 1 amide bonds. The third kappa shape index (κ3) is 5.75. The van der Waals surface area contributed by atoms with Crippen molar-refractivity contribution in [3.05, 3.63) is 87.4 Å². The highest BCUT2D eigenvalue weighted by molar-refractivity contribution is 6.34. The Morgan fingerprint density at radius 2 is 1.67 bits per heavy atom. The summed E-state index contributed by atoms with van der Waals surface area (Å²) in [6.45, 7) is 3.55. The van der Waals surface area contributed by atoms with Crippen molar-refractivity contribution in [3.8, 4) is 11.5 Å². The van der Waals surface area contributed by atoms with E-state index < -0.39 is 5.97 Å². The summed E-state index contributed by atoms with van der Waals surface area (Å²) in [5.41, 5.74) is 3.23. The molecule has 0 aliphatic carbocycles. The van der Waals surface area contributed by atoms with Crippen molar-refractivity contribution in [1.29, 1.82) is 0 Å². The van der Waals surface area contributed by atoms with Gasteiger partial charge in [-0.1, -0.05) is 35.3 Å². The zero-order valence-corrected chi connectivity index (χ0v) is 17.9. The van der Waals surface area contributed by atoms with Crippen molar-refractivity contribution in [2.45, 2.75) is 13.8 Å². The van der Waals surface area contributed by atoms with Crippen LogP contribution < -0.4 is 14.8 Å². The van der Waals surface area contributed by atoms with Crippen LogP contribution in [0.25, 0.3) is 0 Å². The maximum atomic E-state index is 12.5. The number of hydrogen-bond donors (Lipinski definition) is 1. The van der Waals surface area contributed by atoms with E-state index >= 15 is 0 Å². The van der Waals surface area contributed by atoms with Crippen LogP contribution in [0.2, 0.25) is 10.0 Å². The fraction of sp³-hybridized carbons (Fsp3) is 0.130. The van der Waals surface area contributed by atoms with Gasteiger partial charge in [-0.15, -0.1) is 0 Å². The van der Waals surface area contributed by atoms with Gasteiger partial charge in [0.2, 0.25) is 0 Å². The van der Waals surface area contributed by atoms with Gasteiger partial charge in [-0.2, -0.15) is 0 Å². The number of esters is 1. The van der Waals surface area contributed by atoms with E-state index in [2.05, 4.69) is 5.32 Å². The summed E-state index contributed by atoms with van der Waals surface area (Å²) in [4.78, 5) is 24.5. The Labute approximate surface area is 184 Å². The first-order chi connectivity index (χ1) is 14.3. The van der Waals surface area contributed by atoms with Crippen LogP contribution in [-0.2, 0) is 4.79 Å². The summed E-state index contributed by atoms with van der Waals surface area (Å²) in [6.07, 6.45) is 0. The van der Waals surface area contributed by atoms with E-state index in [1.54, 1.807) is 36.4 Å². The number of aryl methyl sites for hydroxylation is 2. The summed E-state index contributed by atoms with van der Waals surface area (Å²) in [5.74, 6) is -0.275. The Morgan fingerprint density at radius 1 is 0.933 bits per heavy atom. The van der Waals surface area contributed by atoms with E-state index in [4.69, 9.17) is 32.7 Å². The van der Waals surface area contributed by atoms with Crippen LogP contribution in [0, 0.1) is 13.8 Å². The maximum absolute atomic E-state index is 12.5. The smallest absolute Gasteiger partial charge is 0.349 e. The third-order valence-corrected chi connectivity index (χ3v) is 4.78. The maximum Gasteiger partial charge on any atom is 0.349 e. The molecule has 0 saturated carbocycles. The average Bonchev–Trinajstić information content (AvgIpc) is 2.72. The number of nitrogens with one attached hydrogen (secondary N) is 1. The first-order valence-electron chi connectivity index (χ1n) is 9.09. The van der Waals surface area contributed by atoms with Crippen LogP contribution in [0.5, 0.6) is 11.5 Å². The zero-order valence-electron chi connectivity index (χ0n) is 16.4. The SMILES string of the molecule is Cc1ccc(C)c(NC(=O)c2ccc(OC(=O)COc3cc(Cl)ccc3Cl)cc2)c1. The highest BCUT2D eigenvalue weighted by atomic mass is 35.5. The van der Waals surface area contributed by atoms with Crippen molar-refractivity contribution in [3.63, 3.8) is 0 Å². The van der Waals surface area contributed by atoms with Gasteiger partial charge >= 0.3 is 5.97 Å². The van der Waals surface area contributed by atoms with Crippen molar-refractivity contribution >= 4 is 40.8 Å². The fourth-order valence-corrected chi connectivity index (χ4v) is 2.96. The summed E-state index contributed by atoms with van der Waals surface area (Å²) in [5, 5.41) is 3.67. The minimum atomic E-state index is -0.612. The molecule has 0 aliphatic heterocycles. The number of benzene rings is 3. The number of carbonyl (C=O) groups excluding carboxylic acids is 2. The Morgan fingerprint density at radius 3 is 2.40 bits per heavy atom. The second-order valence-corrected chi connectivity index (χ2v) is 7.48.